The Morgan fingerprint density at radius 3 is 2.14 bits per heavy atom. The second-order valence-corrected chi connectivity index (χ2v) is 22.2. The van der Waals surface area contributed by atoms with E-state index in [1.807, 2.05) is 11.3 Å². The largest absolute Gasteiger partial charge is 0.460 e. The van der Waals surface area contributed by atoms with Gasteiger partial charge in [-0.05, 0) is 93.1 Å². The molecule has 0 bridgehead atoms. The molecule has 59 heavy (non-hydrogen) atoms. The van der Waals surface area contributed by atoms with Crippen molar-refractivity contribution in [3.05, 3.63) is 142 Å². The monoisotopic (exact) mass is 795 g/mol. The van der Waals surface area contributed by atoms with Crippen molar-refractivity contribution < 1.29 is 4.74 Å². The highest BCUT2D eigenvalue weighted by Crippen LogP contribution is 2.55. The van der Waals surface area contributed by atoms with E-state index in [-0.39, 0.29) is 28.4 Å². The van der Waals surface area contributed by atoms with Gasteiger partial charge in [-0.1, -0.05) is 137 Å². The summed E-state index contributed by atoms with van der Waals surface area (Å²) in [7, 11) is 0. The number of hydrogen-bond acceptors (Lipinski definition) is 5. The zero-order valence-electron chi connectivity index (χ0n) is 36.8. The minimum absolute atomic E-state index is 0.00494. The van der Waals surface area contributed by atoms with E-state index >= 15 is 0 Å². The Bertz CT molecular complexity index is 2640. The van der Waals surface area contributed by atoms with Crippen molar-refractivity contribution in [2.24, 2.45) is 11.3 Å². The summed E-state index contributed by atoms with van der Waals surface area (Å²) in [5.41, 5.74) is 16.9. The lowest BCUT2D eigenvalue weighted by atomic mass is 9.36. The molecule has 0 saturated heterocycles. The molecule has 0 amide bonds. The molecule has 6 heteroatoms. The molecule has 5 aromatic rings. The Morgan fingerprint density at radius 1 is 0.763 bits per heavy atom. The normalized spacial score (nSPS) is 19.1. The summed E-state index contributed by atoms with van der Waals surface area (Å²) in [6.07, 6.45) is 8.37. The molecule has 0 fully saturated rings. The van der Waals surface area contributed by atoms with Crippen LogP contribution in [0.15, 0.2) is 115 Å². The molecule has 4 aromatic carbocycles. The van der Waals surface area contributed by atoms with Crippen molar-refractivity contribution in [3.63, 3.8) is 0 Å². The molecule has 10 rings (SSSR count). The van der Waals surface area contributed by atoms with Gasteiger partial charge in [0, 0.05) is 66.8 Å². The van der Waals surface area contributed by atoms with Gasteiger partial charge in [0.2, 0.25) is 0 Å². The Morgan fingerprint density at radius 2 is 1.46 bits per heavy atom. The molecular formula is C53H58BN3OS. The molecule has 1 aromatic heterocycles. The maximum atomic E-state index is 6.92. The predicted octanol–water partition coefficient (Wildman–Crippen LogP) is 11.8. The zero-order chi connectivity index (χ0) is 41.4. The number of rotatable bonds is 2. The first-order chi connectivity index (χ1) is 27.9. The van der Waals surface area contributed by atoms with Crippen molar-refractivity contribution in [2.45, 2.75) is 105 Å². The van der Waals surface area contributed by atoms with E-state index in [0.717, 1.165) is 24.5 Å². The number of thiophene rings is 1. The maximum Gasteiger partial charge on any atom is 0.264 e. The van der Waals surface area contributed by atoms with Crippen LogP contribution in [0.2, 0.25) is 0 Å². The van der Waals surface area contributed by atoms with Gasteiger partial charge < -0.3 is 19.9 Å². The molecular weight excluding hydrogens is 737 g/mol. The number of hydrogen-bond donors (Lipinski definition) is 1. The fraction of sp³-hybridized carbons (Fsp3) is 0.358. The van der Waals surface area contributed by atoms with Gasteiger partial charge in [-0.3, -0.25) is 0 Å². The second-order valence-electron chi connectivity index (χ2n) is 21.1. The lowest BCUT2D eigenvalue weighted by Crippen LogP contribution is -2.61. The van der Waals surface area contributed by atoms with Crippen LogP contribution in [-0.4, -0.2) is 13.3 Å². The average molecular weight is 796 g/mol. The minimum Gasteiger partial charge on any atom is -0.460 e. The number of anilines is 5. The van der Waals surface area contributed by atoms with Gasteiger partial charge in [0.05, 0.1) is 12.2 Å². The minimum atomic E-state index is -0.283. The first kappa shape index (κ1) is 38.4. The zero-order valence-corrected chi connectivity index (χ0v) is 37.6. The number of benzene rings is 4. The first-order valence-electron chi connectivity index (χ1n) is 21.7. The topological polar surface area (TPSA) is 27.7 Å². The summed E-state index contributed by atoms with van der Waals surface area (Å²) in [5, 5.41) is 3.84. The molecule has 1 aliphatic carbocycles. The predicted molar refractivity (Wildman–Crippen MR) is 253 cm³/mol. The quantitative estimate of drug-likeness (QED) is 0.177. The van der Waals surface area contributed by atoms with Crippen LogP contribution in [0.25, 0.3) is 5.57 Å². The van der Waals surface area contributed by atoms with Gasteiger partial charge in [0.15, 0.2) is 0 Å². The maximum absolute atomic E-state index is 6.92. The Labute approximate surface area is 356 Å². The van der Waals surface area contributed by atoms with E-state index in [9.17, 15) is 0 Å². The molecule has 1 unspecified atom stereocenters. The summed E-state index contributed by atoms with van der Waals surface area (Å²) in [6.45, 7) is 27.4. The lowest BCUT2D eigenvalue weighted by Gasteiger charge is -2.45. The average Bonchev–Trinajstić information content (AvgIpc) is 3.43. The highest BCUT2D eigenvalue weighted by Gasteiger charge is 2.49. The fourth-order valence-corrected chi connectivity index (χ4v) is 11.7. The van der Waals surface area contributed by atoms with Crippen LogP contribution in [0.1, 0.15) is 110 Å². The van der Waals surface area contributed by atoms with Gasteiger partial charge in [-0.15, -0.1) is 0 Å². The van der Waals surface area contributed by atoms with Crippen LogP contribution in [0, 0.1) is 11.3 Å². The van der Waals surface area contributed by atoms with E-state index in [4.69, 9.17) is 4.74 Å². The third-order valence-electron chi connectivity index (χ3n) is 13.7. The van der Waals surface area contributed by atoms with E-state index in [1.54, 1.807) is 0 Å². The lowest BCUT2D eigenvalue weighted by molar-refractivity contribution is 0.293. The third-order valence-corrected chi connectivity index (χ3v) is 14.9. The summed E-state index contributed by atoms with van der Waals surface area (Å²) in [4.78, 5) is 6.58. The summed E-state index contributed by atoms with van der Waals surface area (Å²) < 4.78 is 8.33. The molecule has 0 saturated carbocycles. The number of ether oxygens (including phenoxy) is 1. The van der Waals surface area contributed by atoms with Crippen LogP contribution < -0.4 is 35.6 Å². The number of allylic oxidation sites excluding steroid dienone is 4. The van der Waals surface area contributed by atoms with Gasteiger partial charge in [0.1, 0.15) is 11.5 Å². The molecule has 0 radical (unpaired) electrons. The SMILES string of the molecule is CC(C)(C)c1ccc(N2c3cccc4c3B(c3cc(C(C)(C)C)ccc3N4C3=CCC(C(C)(C)C)C=C3)c3sc4c(c32)C2=C(CNC4)Oc3ccccc3C2(C)C)cc1. The number of para-hydroxylation sites is 1. The first-order valence-corrected chi connectivity index (χ1v) is 22.5. The summed E-state index contributed by atoms with van der Waals surface area (Å²) >= 11 is 2.01. The van der Waals surface area contributed by atoms with E-state index < -0.39 is 0 Å². The molecule has 300 valence electrons. The van der Waals surface area contributed by atoms with Gasteiger partial charge >= 0.3 is 0 Å². The van der Waals surface area contributed by atoms with E-state index in [1.165, 1.54) is 82.5 Å². The standard InChI is InChI=1S/C53H58BN3OS/c1-50(2,3)32-19-24-35(25-20-32)56-39-28-23-34(52(7,8)9)29-38(39)54-47-40(56)16-14-17-41(47)57(36-26-21-33(22-27-36)51(4,5)6)48-45-44(59-49(48)54)31-55-30-43-46(45)53(10,11)37-15-12-13-18-42(37)58-43/h12-19,21-29,32,55H,20,30-31H2,1-11H3. The molecule has 0 spiro atoms. The smallest absolute Gasteiger partial charge is 0.264 e. The van der Waals surface area contributed by atoms with Crippen LogP contribution in [0.3, 0.4) is 0 Å². The summed E-state index contributed by atoms with van der Waals surface area (Å²) in [6, 6.07) is 32.5. The van der Waals surface area contributed by atoms with Crippen molar-refractivity contribution in [3.8, 4) is 5.75 Å². The Kier molecular flexibility index (Phi) is 8.54. The van der Waals surface area contributed by atoms with Gasteiger partial charge in [-0.25, -0.2) is 0 Å². The number of fused-ring (bicyclic) bond motifs is 8. The molecule has 4 aliphatic heterocycles. The molecule has 5 aliphatic rings. The summed E-state index contributed by atoms with van der Waals surface area (Å²) in [5.74, 6) is 2.50. The number of nitrogens with zero attached hydrogens (tertiary/aromatic N) is 2. The van der Waals surface area contributed by atoms with Gasteiger partial charge in [-0.2, -0.15) is 11.3 Å². The van der Waals surface area contributed by atoms with Crippen LogP contribution in [0.4, 0.5) is 28.4 Å². The number of nitrogens with one attached hydrogen (secondary N) is 1. The Balaban J connectivity index is 1.27. The van der Waals surface area contributed by atoms with Crippen molar-refractivity contribution in [1.82, 2.24) is 5.32 Å². The Hall–Kier alpha value is -4.78. The molecule has 5 heterocycles. The van der Waals surface area contributed by atoms with Crippen molar-refractivity contribution in [2.75, 3.05) is 16.3 Å². The highest BCUT2D eigenvalue weighted by molar-refractivity contribution is 7.29. The van der Waals surface area contributed by atoms with Crippen LogP contribution in [0.5, 0.6) is 5.75 Å². The molecule has 1 N–H and O–H groups in total. The fourth-order valence-electron chi connectivity index (χ4n) is 10.3. The third kappa shape index (κ3) is 5.95. The molecule has 4 nitrogen and oxygen atoms in total. The van der Waals surface area contributed by atoms with E-state index in [0.29, 0.717) is 12.5 Å². The van der Waals surface area contributed by atoms with Crippen molar-refractivity contribution in [1.29, 1.82) is 0 Å². The second kappa shape index (κ2) is 13.1. The van der Waals surface area contributed by atoms with E-state index in [2.05, 4.69) is 194 Å². The highest BCUT2D eigenvalue weighted by atomic mass is 32.1. The van der Waals surface area contributed by atoms with Gasteiger partial charge in [0.25, 0.3) is 6.71 Å². The molecule has 1 atom stereocenters. The van der Waals surface area contributed by atoms with Crippen LogP contribution in [-0.2, 0) is 22.8 Å². The van der Waals surface area contributed by atoms with Crippen molar-refractivity contribution >= 4 is 67.8 Å². The van der Waals surface area contributed by atoms with Crippen LogP contribution >= 0.6 is 11.3 Å².